The van der Waals surface area contributed by atoms with Crippen molar-refractivity contribution in [2.75, 3.05) is 11.9 Å². The molecular weight excluding hydrogens is 522 g/mol. The Kier molecular flexibility index (Phi) is 7.17. The average Bonchev–Trinajstić information content (AvgIpc) is 3.48. The number of imidazole rings is 1. The summed E-state index contributed by atoms with van der Waals surface area (Å²) in [5.41, 5.74) is 4.13. The summed E-state index contributed by atoms with van der Waals surface area (Å²) in [5.74, 6) is 1.35. The molecule has 0 saturated heterocycles. The van der Waals surface area contributed by atoms with Gasteiger partial charge in [0.25, 0.3) is 5.91 Å². The number of para-hydroxylation sites is 1. The van der Waals surface area contributed by atoms with Crippen molar-refractivity contribution in [3.8, 4) is 22.9 Å². The van der Waals surface area contributed by atoms with E-state index in [4.69, 9.17) is 14.5 Å². The summed E-state index contributed by atoms with van der Waals surface area (Å²) >= 11 is 0. The minimum atomic E-state index is -0.281. The van der Waals surface area contributed by atoms with E-state index in [1.165, 1.54) is 6.08 Å². The highest BCUT2D eigenvalue weighted by atomic mass is 16.5. The third-order valence-corrected chi connectivity index (χ3v) is 7.52. The van der Waals surface area contributed by atoms with Crippen LogP contribution in [-0.2, 0) is 18.4 Å². The van der Waals surface area contributed by atoms with Crippen LogP contribution in [0.15, 0.2) is 49.2 Å². The van der Waals surface area contributed by atoms with Gasteiger partial charge in [-0.2, -0.15) is 5.10 Å². The van der Waals surface area contributed by atoms with Crippen molar-refractivity contribution in [2.24, 2.45) is 7.05 Å². The van der Waals surface area contributed by atoms with E-state index in [9.17, 15) is 9.59 Å². The quantitative estimate of drug-likeness (QED) is 0.362. The van der Waals surface area contributed by atoms with Crippen LogP contribution in [0, 0.1) is 6.92 Å². The first-order valence-corrected chi connectivity index (χ1v) is 13.9. The second-order valence-corrected chi connectivity index (χ2v) is 10.6. The first-order chi connectivity index (χ1) is 19.9. The fourth-order valence-electron chi connectivity index (χ4n) is 5.38. The Balaban J connectivity index is 1.32. The number of hydrogen-bond acceptors (Lipinski definition) is 7. The lowest BCUT2D eigenvalue weighted by atomic mass is 9.89. The molecule has 0 radical (unpaired) electrons. The second-order valence-electron chi connectivity index (χ2n) is 10.6. The van der Waals surface area contributed by atoms with E-state index in [-0.39, 0.29) is 24.0 Å². The maximum Gasteiger partial charge on any atom is 0.258 e. The van der Waals surface area contributed by atoms with Crippen molar-refractivity contribution in [3.63, 3.8) is 0 Å². The molecule has 2 aliphatic rings. The Bertz CT molecular complexity index is 1630. The molecule has 3 aromatic heterocycles. The van der Waals surface area contributed by atoms with Crippen molar-refractivity contribution in [1.82, 2.24) is 29.6 Å². The highest BCUT2D eigenvalue weighted by Gasteiger charge is 2.32. The van der Waals surface area contributed by atoms with Gasteiger partial charge < -0.3 is 19.4 Å². The van der Waals surface area contributed by atoms with Crippen LogP contribution in [-0.4, -0.2) is 54.9 Å². The van der Waals surface area contributed by atoms with Crippen molar-refractivity contribution in [1.29, 1.82) is 0 Å². The Morgan fingerprint density at radius 3 is 2.90 bits per heavy atom. The number of fused-ring (bicyclic) bond motifs is 7. The standard InChI is InChI=1S/C30H33N7O4/c1-4-26(38)33-20-15-21(16-20)41-25-10-8-9-23-27(25)37-11-6-5-7-12-40-29-22(17-31-36(29)3)24-14-19(13-18(2)32-24)28(39)35-30(37)34-23/h4,8-10,13-14,17,20-21H,1,5-7,11-12,15-16H2,2-3H3,(H,33,38)(H,34,35,39). The van der Waals surface area contributed by atoms with Gasteiger partial charge in [0.2, 0.25) is 17.7 Å². The first-order valence-electron chi connectivity index (χ1n) is 13.9. The maximum absolute atomic E-state index is 13.6. The van der Waals surface area contributed by atoms with Crippen molar-refractivity contribution >= 4 is 28.8 Å². The summed E-state index contributed by atoms with van der Waals surface area (Å²) < 4.78 is 16.2. The van der Waals surface area contributed by atoms with Crippen LogP contribution in [0.1, 0.15) is 48.2 Å². The number of aryl methyl sites for hydroxylation is 3. The topological polar surface area (TPSA) is 125 Å². The molecule has 2 amide bonds. The Morgan fingerprint density at radius 2 is 2.07 bits per heavy atom. The summed E-state index contributed by atoms with van der Waals surface area (Å²) in [6.45, 7) is 6.56. The van der Waals surface area contributed by atoms with E-state index in [1.807, 2.05) is 36.7 Å². The normalized spacial score (nSPS) is 18.9. The third-order valence-electron chi connectivity index (χ3n) is 7.52. The molecule has 1 fully saturated rings. The van der Waals surface area contributed by atoms with Crippen LogP contribution in [0.3, 0.4) is 0 Å². The van der Waals surface area contributed by atoms with Gasteiger partial charge in [0.15, 0.2) is 0 Å². The van der Waals surface area contributed by atoms with Crippen molar-refractivity contribution < 1.29 is 19.1 Å². The highest BCUT2D eigenvalue weighted by molar-refractivity contribution is 6.05. The number of benzene rings is 1. The fourth-order valence-corrected chi connectivity index (χ4v) is 5.38. The third kappa shape index (κ3) is 5.39. The monoisotopic (exact) mass is 555 g/mol. The van der Waals surface area contributed by atoms with Gasteiger partial charge in [-0.15, -0.1) is 0 Å². The zero-order valence-corrected chi connectivity index (χ0v) is 23.2. The van der Waals surface area contributed by atoms with Gasteiger partial charge >= 0.3 is 0 Å². The molecule has 2 N–H and O–H groups in total. The molecule has 1 aromatic carbocycles. The predicted molar refractivity (Wildman–Crippen MR) is 154 cm³/mol. The number of anilines is 1. The molecule has 11 heteroatoms. The zero-order chi connectivity index (χ0) is 28.5. The summed E-state index contributed by atoms with van der Waals surface area (Å²) in [5, 5.41) is 10.3. The van der Waals surface area contributed by atoms with Gasteiger partial charge in [-0.1, -0.05) is 12.6 Å². The van der Waals surface area contributed by atoms with Crippen molar-refractivity contribution in [2.45, 2.75) is 57.7 Å². The number of rotatable bonds is 4. The van der Waals surface area contributed by atoms with Gasteiger partial charge in [0, 0.05) is 43.7 Å². The molecule has 0 unspecified atom stereocenters. The van der Waals surface area contributed by atoms with E-state index >= 15 is 0 Å². The average molecular weight is 556 g/mol. The number of amides is 2. The largest absolute Gasteiger partial charge is 0.488 e. The number of nitrogens with one attached hydrogen (secondary N) is 2. The Hall–Kier alpha value is -4.67. The first kappa shape index (κ1) is 26.5. The van der Waals surface area contributed by atoms with Gasteiger partial charge in [-0.3, -0.25) is 19.9 Å². The lowest BCUT2D eigenvalue weighted by molar-refractivity contribution is -0.118. The Morgan fingerprint density at radius 1 is 1.22 bits per heavy atom. The number of ether oxygens (including phenoxy) is 2. The molecule has 6 rings (SSSR count). The Labute approximate surface area is 237 Å². The van der Waals surface area contributed by atoms with E-state index in [2.05, 4.69) is 27.3 Å². The van der Waals surface area contributed by atoms with Crippen LogP contribution < -0.4 is 20.1 Å². The minimum absolute atomic E-state index is 0.0230. The molecule has 4 heterocycles. The lowest BCUT2D eigenvalue weighted by Gasteiger charge is -2.35. The number of carbonyl (C=O) groups excluding carboxylic acids is 2. The van der Waals surface area contributed by atoms with Gasteiger partial charge in [-0.25, -0.2) is 9.67 Å². The molecule has 0 atom stereocenters. The molecule has 212 valence electrons. The molecule has 41 heavy (non-hydrogen) atoms. The minimum Gasteiger partial charge on any atom is -0.488 e. The van der Waals surface area contributed by atoms with Crippen LogP contribution in [0.2, 0.25) is 0 Å². The lowest BCUT2D eigenvalue weighted by Crippen LogP contribution is -2.48. The van der Waals surface area contributed by atoms with Gasteiger partial charge in [0.1, 0.15) is 17.4 Å². The smallest absolute Gasteiger partial charge is 0.258 e. The SMILES string of the molecule is C=CC(=O)NC1CC(Oc2cccc3nc4n(c23)CCCCCOc2c(cnn2C)-c2cc(cc(C)n2)C(=O)N4)C1. The molecular formula is C30H33N7O4. The maximum atomic E-state index is 13.6. The molecule has 2 bridgehead atoms. The molecule has 0 spiro atoms. The van der Waals surface area contributed by atoms with E-state index in [1.54, 1.807) is 23.0 Å². The van der Waals surface area contributed by atoms with Gasteiger partial charge in [-0.05, 0) is 56.5 Å². The number of pyridine rings is 1. The number of nitrogens with zero attached hydrogens (tertiary/aromatic N) is 5. The van der Waals surface area contributed by atoms with Crippen molar-refractivity contribution in [3.05, 3.63) is 60.4 Å². The molecule has 11 nitrogen and oxygen atoms in total. The number of hydrogen-bond donors (Lipinski definition) is 2. The summed E-state index contributed by atoms with van der Waals surface area (Å²) in [4.78, 5) is 34.7. The molecule has 1 saturated carbocycles. The number of aromatic nitrogens is 5. The number of carbonyl (C=O) groups is 2. The van der Waals surface area contributed by atoms with Gasteiger partial charge in [0.05, 0.1) is 29.6 Å². The molecule has 4 aromatic rings. The van der Waals surface area contributed by atoms with E-state index in [0.717, 1.165) is 48.7 Å². The second kappa shape index (κ2) is 11.1. The predicted octanol–water partition coefficient (Wildman–Crippen LogP) is 4.17. The van der Waals surface area contributed by atoms with E-state index < -0.39 is 0 Å². The van der Waals surface area contributed by atoms with Crippen LogP contribution in [0.25, 0.3) is 22.3 Å². The molecule has 1 aliphatic carbocycles. The summed E-state index contributed by atoms with van der Waals surface area (Å²) in [6, 6.07) is 9.35. The van der Waals surface area contributed by atoms with Crippen LogP contribution in [0.5, 0.6) is 11.6 Å². The van der Waals surface area contributed by atoms with Crippen LogP contribution in [0.4, 0.5) is 5.95 Å². The summed E-state index contributed by atoms with van der Waals surface area (Å²) in [6.07, 6.45) is 7.04. The summed E-state index contributed by atoms with van der Waals surface area (Å²) in [7, 11) is 1.83. The van der Waals surface area contributed by atoms with Crippen LogP contribution >= 0.6 is 0 Å². The van der Waals surface area contributed by atoms with E-state index in [0.29, 0.717) is 47.7 Å². The molecule has 1 aliphatic heterocycles. The fraction of sp³-hybridized carbons (Fsp3) is 0.367. The highest BCUT2D eigenvalue weighted by Crippen LogP contribution is 2.34. The zero-order valence-electron chi connectivity index (χ0n) is 23.2.